The molecule has 7 nitrogen and oxygen atoms in total. The van der Waals surface area contributed by atoms with Gasteiger partial charge in [0.05, 0.1) is 4.97 Å². The summed E-state index contributed by atoms with van der Waals surface area (Å²) in [6.45, 7) is 0.0336. The van der Waals surface area contributed by atoms with E-state index >= 15 is 0 Å². The second kappa shape index (κ2) is 5.15. The van der Waals surface area contributed by atoms with Gasteiger partial charge in [0, 0.05) is 12.4 Å². The molecule has 0 saturated heterocycles. The minimum atomic E-state index is -0.0733. The highest BCUT2D eigenvalue weighted by molar-refractivity contribution is 5.58. The monoisotopic (exact) mass is 159 g/mol. The van der Waals surface area contributed by atoms with Crippen LogP contribution in [0.2, 0.25) is 0 Å². The summed E-state index contributed by atoms with van der Waals surface area (Å²) in [4.78, 5) is -0.0733. The van der Waals surface area contributed by atoms with Crippen LogP contribution in [-0.2, 0) is 0 Å². The van der Waals surface area contributed by atoms with Gasteiger partial charge in [-0.15, -0.1) is 5.01 Å². The van der Waals surface area contributed by atoms with E-state index in [2.05, 4.69) is 5.28 Å². The topological polar surface area (TPSA) is 110 Å². The predicted molar refractivity (Wildman–Crippen MR) is 37.0 cm³/mol. The highest BCUT2D eigenvalue weighted by atomic mass is 16.6. The van der Waals surface area contributed by atoms with Crippen molar-refractivity contribution in [3.63, 3.8) is 0 Å². The van der Waals surface area contributed by atoms with E-state index in [4.69, 9.17) is 16.0 Å². The predicted octanol–water partition coefficient (Wildman–Crippen LogP) is -0.146. The molecule has 0 unspecified atom stereocenters. The van der Waals surface area contributed by atoms with Crippen molar-refractivity contribution in [2.24, 2.45) is 5.28 Å². The third kappa shape index (κ3) is 3.14. The van der Waals surface area contributed by atoms with Crippen LogP contribution in [-0.4, -0.2) is 40.7 Å². The molecule has 0 rings (SSSR count). The van der Waals surface area contributed by atoms with E-state index < -0.39 is 0 Å². The number of nitrogens with zero attached hydrogens (tertiary/aromatic N) is 3. The van der Waals surface area contributed by atoms with Crippen molar-refractivity contribution in [3.8, 4) is 0 Å². The molecule has 0 spiro atoms. The van der Waals surface area contributed by atoms with Crippen LogP contribution in [0.5, 0.6) is 0 Å². The zero-order valence-electron chi connectivity index (χ0n) is 5.77. The van der Waals surface area contributed by atoms with Gasteiger partial charge in [0.15, 0.2) is 0 Å². The van der Waals surface area contributed by atoms with E-state index in [0.717, 1.165) is 17.4 Å². The molecular weight excluding hydrogens is 150 g/mol. The molecule has 0 aromatic heterocycles. The molecule has 0 aromatic rings. The van der Waals surface area contributed by atoms with Crippen LogP contribution in [0.25, 0.3) is 0 Å². The van der Waals surface area contributed by atoms with Crippen LogP contribution >= 0.6 is 0 Å². The largest absolute Gasteiger partial charge is 0.569 e. The quantitative estimate of drug-likeness (QED) is 0.224. The SMILES string of the molecule is N=CCN(CC=N)/[N+]([O-])=N\O. The van der Waals surface area contributed by atoms with Crippen molar-refractivity contribution in [1.82, 2.24) is 5.01 Å². The Balaban J connectivity index is 4.07. The number of rotatable bonds is 5. The molecule has 0 atom stereocenters. The maximum atomic E-state index is 10.5. The molecule has 0 aliphatic rings. The standard InChI is InChI=1S/C4H9N5O2/c5-1-3-8(4-2-6)9(11)7-10/h1-2,5-6,10H,3-4H2/b5-1?,6-2?,9-7+. The Morgan fingerprint density at radius 2 is 1.91 bits per heavy atom. The molecule has 11 heavy (non-hydrogen) atoms. The lowest BCUT2D eigenvalue weighted by atomic mass is 10.6. The normalized spacial score (nSPS) is 10.7. The molecule has 3 N–H and O–H groups in total. The molecular formula is C4H9N5O2. The van der Waals surface area contributed by atoms with E-state index in [1.807, 2.05) is 0 Å². The molecule has 0 radical (unpaired) electrons. The summed E-state index contributed by atoms with van der Waals surface area (Å²) >= 11 is 0. The molecule has 0 aliphatic heterocycles. The van der Waals surface area contributed by atoms with E-state index in [1.54, 1.807) is 0 Å². The second-order valence-corrected chi connectivity index (χ2v) is 1.62. The van der Waals surface area contributed by atoms with Crippen molar-refractivity contribution in [1.29, 1.82) is 10.8 Å². The molecule has 0 heterocycles. The fourth-order valence-corrected chi connectivity index (χ4v) is 0.482. The van der Waals surface area contributed by atoms with Crippen LogP contribution in [0.1, 0.15) is 0 Å². The van der Waals surface area contributed by atoms with Gasteiger partial charge >= 0.3 is 0 Å². The summed E-state index contributed by atoms with van der Waals surface area (Å²) in [5, 5.41) is 35.1. The summed E-state index contributed by atoms with van der Waals surface area (Å²) in [6.07, 6.45) is 1.94. The first kappa shape index (κ1) is 9.34. The first-order valence-corrected chi connectivity index (χ1v) is 2.81. The highest BCUT2D eigenvalue weighted by Gasteiger charge is 2.07. The van der Waals surface area contributed by atoms with Crippen LogP contribution in [0.3, 0.4) is 0 Å². The van der Waals surface area contributed by atoms with Gasteiger partial charge < -0.3 is 21.2 Å². The first-order chi connectivity index (χ1) is 5.26. The average molecular weight is 159 g/mol. The fraction of sp³-hybridized carbons (Fsp3) is 0.500. The lowest BCUT2D eigenvalue weighted by molar-refractivity contribution is -0.704. The smallest absolute Gasteiger partial charge is 0.230 e. The Bertz CT molecular complexity index is 158. The maximum Gasteiger partial charge on any atom is 0.230 e. The average Bonchev–Trinajstić information content (AvgIpc) is 2.03. The van der Waals surface area contributed by atoms with Gasteiger partial charge in [0.1, 0.15) is 13.1 Å². The molecule has 0 aromatic carbocycles. The number of hydrogen-bond acceptors (Lipinski definition) is 4. The van der Waals surface area contributed by atoms with Gasteiger partial charge in [-0.05, 0) is 0 Å². The highest BCUT2D eigenvalue weighted by Crippen LogP contribution is 1.85. The van der Waals surface area contributed by atoms with Crippen molar-refractivity contribution in [2.45, 2.75) is 0 Å². The molecule has 62 valence electrons. The lowest BCUT2D eigenvalue weighted by Gasteiger charge is -2.11. The third-order valence-corrected chi connectivity index (χ3v) is 0.923. The Kier molecular flexibility index (Phi) is 4.37. The third-order valence-electron chi connectivity index (χ3n) is 0.923. The molecule has 0 amide bonds. The Labute approximate surface area is 63.1 Å². The summed E-state index contributed by atoms with van der Waals surface area (Å²) in [6, 6.07) is 0. The lowest BCUT2D eigenvalue weighted by Crippen LogP contribution is -2.33. The van der Waals surface area contributed by atoms with Gasteiger partial charge in [-0.25, -0.2) is 0 Å². The van der Waals surface area contributed by atoms with E-state index in [1.165, 1.54) is 0 Å². The van der Waals surface area contributed by atoms with Gasteiger partial charge in [-0.2, -0.15) is 0 Å². The number of nitrogens with one attached hydrogen (secondary N) is 2. The zero-order valence-corrected chi connectivity index (χ0v) is 5.77. The number of hydrogen-bond donors (Lipinski definition) is 3. The number of hydrazine groups is 1. The van der Waals surface area contributed by atoms with Crippen molar-refractivity contribution < 1.29 is 10.2 Å². The molecule has 0 bridgehead atoms. The summed E-state index contributed by atoms with van der Waals surface area (Å²) in [7, 11) is 0. The molecule has 7 heteroatoms. The van der Waals surface area contributed by atoms with Crippen LogP contribution < -0.4 is 0 Å². The zero-order chi connectivity index (χ0) is 8.69. The summed E-state index contributed by atoms with van der Waals surface area (Å²) in [5.41, 5.74) is 0. The van der Waals surface area contributed by atoms with E-state index in [9.17, 15) is 5.21 Å². The Hall–Kier alpha value is -1.66. The van der Waals surface area contributed by atoms with Gasteiger partial charge in [0.25, 0.3) is 0 Å². The van der Waals surface area contributed by atoms with Crippen LogP contribution in [0.15, 0.2) is 5.28 Å². The Morgan fingerprint density at radius 3 is 2.18 bits per heavy atom. The first-order valence-electron chi connectivity index (χ1n) is 2.81. The molecule has 0 aliphatic carbocycles. The van der Waals surface area contributed by atoms with Crippen molar-refractivity contribution in [3.05, 3.63) is 5.21 Å². The van der Waals surface area contributed by atoms with E-state index in [-0.39, 0.29) is 18.1 Å². The fourth-order valence-electron chi connectivity index (χ4n) is 0.482. The Morgan fingerprint density at radius 1 is 1.45 bits per heavy atom. The van der Waals surface area contributed by atoms with Crippen LogP contribution in [0.4, 0.5) is 0 Å². The van der Waals surface area contributed by atoms with Gasteiger partial charge in [0.2, 0.25) is 5.28 Å². The summed E-state index contributed by atoms with van der Waals surface area (Å²) < 4.78 is 0. The van der Waals surface area contributed by atoms with Gasteiger partial charge in [-0.1, -0.05) is 0 Å². The maximum absolute atomic E-state index is 10.5. The molecule has 0 fully saturated rings. The minimum absolute atomic E-state index is 0.0168. The van der Waals surface area contributed by atoms with Crippen molar-refractivity contribution in [2.75, 3.05) is 13.1 Å². The second-order valence-electron chi connectivity index (χ2n) is 1.62. The van der Waals surface area contributed by atoms with Crippen molar-refractivity contribution >= 4 is 12.4 Å². The van der Waals surface area contributed by atoms with Crippen LogP contribution in [0, 0.1) is 16.0 Å². The molecule has 0 saturated carbocycles. The van der Waals surface area contributed by atoms with Gasteiger partial charge in [-0.3, -0.25) is 0 Å². The van der Waals surface area contributed by atoms with E-state index in [0.29, 0.717) is 0 Å². The minimum Gasteiger partial charge on any atom is -0.569 e. The summed E-state index contributed by atoms with van der Waals surface area (Å²) in [5.74, 6) is 0.